The minimum absolute atomic E-state index is 0.0190. The molecule has 0 atom stereocenters. The van der Waals surface area contributed by atoms with Crippen LogP contribution in [0.25, 0.3) is 0 Å². The normalized spacial score (nSPS) is 11.7. The first-order chi connectivity index (χ1) is 14.8. The monoisotopic (exact) mass is 424 g/mol. The molecule has 0 radical (unpaired) electrons. The van der Waals surface area contributed by atoms with Gasteiger partial charge in [0.25, 0.3) is 5.91 Å². The highest BCUT2D eigenvalue weighted by atomic mass is 16.5. The zero-order chi connectivity index (χ0) is 22.9. The third-order valence-electron chi connectivity index (χ3n) is 5.13. The number of benzene rings is 2. The highest BCUT2D eigenvalue weighted by Crippen LogP contribution is 2.25. The standard InChI is InChI=1S/C25H36N4O2/c1-7-26-24(28-18-25(2,3)21-11-13-22(31-6)14-12-21)27-16-15-19-9-8-10-20(17-19)23(30)29(4)5/h8-14,17H,7,15-16,18H2,1-6H3,(H2,26,27,28). The van der Waals surface area contributed by atoms with E-state index in [-0.39, 0.29) is 11.3 Å². The number of nitrogens with zero attached hydrogens (tertiary/aromatic N) is 2. The smallest absolute Gasteiger partial charge is 0.253 e. The van der Waals surface area contributed by atoms with E-state index in [1.54, 1.807) is 26.1 Å². The van der Waals surface area contributed by atoms with E-state index in [0.29, 0.717) is 12.1 Å². The van der Waals surface area contributed by atoms with E-state index in [2.05, 4.69) is 43.5 Å². The van der Waals surface area contributed by atoms with Crippen molar-refractivity contribution in [3.05, 3.63) is 65.2 Å². The Morgan fingerprint density at radius 1 is 1.10 bits per heavy atom. The molecule has 2 N–H and O–H groups in total. The molecular formula is C25H36N4O2. The Kier molecular flexibility index (Phi) is 8.91. The molecule has 0 fully saturated rings. The summed E-state index contributed by atoms with van der Waals surface area (Å²) in [6.45, 7) is 8.62. The van der Waals surface area contributed by atoms with Crippen LogP contribution >= 0.6 is 0 Å². The highest BCUT2D eigenvalue weighted by molar-refractivity contribution is 5.94. The van der Waals surface area contributed by atoms with Gasteiger partial charge in [0.05, 0.1) is 13.7 Å². The SMILES string of the molecule is CCNC(=NCC(C)(C)c1ccc(OC)cc1)NCCc1cccc(C(=O)N(C)C)c1. The molecule has 0 bridgehead atoms. The van der Waals surface area contributed by atoms with E-state index in [1.165, 1.54) is 5.56 Å². The fourth-order valence-corrected chi connectivity index (χ4v) is 3.20. The summed E-state index contributed by atoms with van der Waals surface area (Å²) in [6, 6.07) is 16.0. The highest BCUT2D eigenvalue weighted by Gasteiger charge is 2.20. The summed E-state index contributed by atoms with van der Waals surface area (Å²) in [5.74, 6) is 1.67. The largest absolute Gasteiger partial charge is 0.497 e. The molecule has 31 heavy (non-hydrogen) atoms. The number of methoxy groups -OCH3 is 1. The molecule has 2 rings (SSSR count). The number of rotatable bonds is 9. The van der Waals surface area contributed by atoms with Crippen LogP contribution in [-0.2, 0) is 11.8 Å². The van der Waals surface area contributed by atoms with Crippen molar-refractivity contribution in [3.63, 3.8) is 0 Å². The van der Waals surface area contributed by atoms with Crippen LogP contribution < -0.4 is 15.4 Å². The minimum Gasteiger partial charge on any atom is -0.497 e. The lowest BCUT2D eigenvalue weighted by atomic mass is 9.85. The van der Waals surface area contributed by atoms with E-state index in [1.807, 2.05) is 36.4 Å². The summed E-state index contributed by atoms with van der Waals surface area (Å²) >= 11 is 0. The molecule has 0 aliphatic heterocycles. The van der Waals surface area contributed by atoms with Gasteiger partial charge in [0, 0.05) is 38.2 Å². The van der Waals surface area contributed by atoms with Crippen LogP contribution in [0.2, 0.25) is 0 Å². The van der Waals surface area contributed by atoms with Crippen LogP contribution in [0.15, 0.2) is 53.5 Å². The molecule has 2 aromatic rings. The Morgan fingerprint density at radius 2 is 1.81 bits per heavy atom. The van der Waals surface area contributed by atoms with E-state index in [0.717, 1.165) is 36.8 Å². The maximum atomic E-state index is 12.2. The van der Waals surface area contributed by atoms with Gasteiger partial charge in [0.2, 0.25) is 0 Å². The van der Waals surface area contributed by atoms with Gasteiger partial charge in [-0.25, -0.2) is 0 Å². The molecule has 168 valence electrons. The molecule has 0 aliphatic rings. The van der Waals surface area contributed by atoms with Crippen LogP contribution in [0.4, 0.5) is 0 Å². The predicted octanol–water partition coefficient (Wildman–Crippen LogP) is 3.47. The molecular weight excluding hydrogens is 388 g/mol. The second kappa shape index (κ2) is 11.4. The zero-order valence-corrected chi connectivity index (χ0v) is 19.7. The summed E-state index contributed by atoms with van der Waals surface area (Å²) in [4.78, 5) is 18.6. The Balaban J connectivity index is 1.98. The molecule has 0 heterocycles. The molecule has 1 amide bonds. The number of aliphatic imine (C=N–C) groups is 1. The maximum absolute atomic E-state index is 12.2. The third kappa shape index (κ3) is 7.31. The first kappa shape index (κ1) is 24.3. The van der Waals surface area contributed by atoms with Gasteiger partial charge < -0.3 is 20.3 Å². The van der Waals surface area contributed by atoms with E-state index in [9.17, 15) is 4.79 Å². The van der Waals surface area contributed by atoms with Gasteiger partial charge in [-0.15, -0.1) is 0 Å². The lowest BCUT2D eigenvalue weighted by Gasteiger charge is -2.24. The molecule has 0 saturated heterocycles. The minimum atomic E-state index is -0.102. The zero-order valence-electron chi connectivity index (χ0n) is 19.7. The lowest BCUT2D eigenvalue weighted by Crippen LogP contribution is -2.39. The average Bonchev–Trinajstić information content (AvgIpc) is 2.77. The van der Waals surface area contributed by atoms with Crippen molar-refractivity contribution in [3.8, 4) is 5.75 Å². The molecule has 6 nitrogen and oxygen atoms in total. The van der Waals surface area contributed by atoms with Crippen molar-refractivity contribution in [2.45, 2.75) is 32.6 Å². The molecule has 0 aromatic heterocycles. The first-order valence-electron chi connectivity index (χ1n) is 10.7. The Hall–Kier alpha value is -3.02. The fourth-order valence-electron chi connectivity index (χ4n) is 3.20. The molecule has 0 unspecified atom stereocenters. The number of nitrogens with one attached hydrogen (secondary N) is 2. The van der Waals surface area contributed by atoms with E-state index in [4.69, 9.17) is 9.73 Å². The molecule has 0 aliphatic carbocycles. The topological polar surface area (TPSA) is 66.0 Å². The summed E-state index contributed by atoms with van der Waals surface area (Å²) in [6.07, 6.45) is 0.806. The van der Waals surface area contributed by atoms with Crippen molar-refractivity contribution in [1.29, 1.82) is 0 Å². The van der Waals surface area contributed by atoms with Crippen molar-refractivity contribution >= 4 is 11.9 Å². The van der Waals surface area contributed by atoms with Gasteiger partial charge >= 0.3 is 0 Å². The van der Waals surface area contributed by atoms with Crippen LogP contribution in [0.3, 0.4) is 0 Å². The van der Waals surface area contributed by atoms with Gasteiger partial charge in [-0.3, -0.25) is 9.79 Å². The number of hydrogen-bond acceptors (Lipinski definition) is 3. The van der Waals surface area contributed by atoms with Crippen molar-refractivity contribution in [1.82, 2.24) is 15.5 Å². The van der Waals surface area contributed by atoms with Gasteiger partial charge in [0.15, 0.2) is 5.96 Å². The Labute approximate surface area is 186 Å². The number of carbonyl (C=O) groups is 1. The number of carbonyl (C=O) groups excluding carboxylic acids is 1. The van der Waals surface area contributed by atoms with E-state index < -0.39 is 0 Å². The van der Waals surface area contributed by atoms with Crippen LogP contribution in [0.5, 0.6) is 5.75 Å². The lowest BCUT2D eigenvalue weighted by molar-refractivity contribution is 0.0827. The fraction of sp³-hybridized carbons (Fsp3) is 0.440. The summed E-state index contributed by atoms with van der Waals surface area (Å²) in [5.41, 5.74) is 2.95. The number of ether oxygens (including phenoxy) is 1. The summed E-state index contributed by atoms with van der Waals surface area (Å²) in [7, 11) is 5.21. The summed E-state index contributed by atoms with van der Waals surface area (Å²) in [5, 5.41) is 6.72. The van der Waals surface area contributed by atoms with Crippen molar-refractivity contribution in [2.24, 2.45) is 4.99 Å². The second-order valence-corrected chi connectivity index (χ2v) is 8.38. The molecule has 0 saturated carbocycles. The number of guanidine groups is 1. The van der Waals surface area contributed by atoms with Crippen molar-refractivity contribution < 1.29 is 9.53 Å². The van der Waals surface area contributed by atoms with Gasteiger partial charge in [0.1, 0.15) is 5.75 Å². The van der Waals surface area contributed by atoms with Gasteiger partial charge in [-0.05, 0) is 48.7 Å². The number of amides is 1. The average molecular weight is 425 g/mol. The molecule has 2 aromatic carbocycles. The van der Waals surface area contributed by atoms with Gasteiger partial charge in [-0.2, -0.15) is 0 Å². The molecule has 0 spiro atoms. The second-order valence-electron chi connectivity index (χ2n) is 8.38. The van der Waals surface area contributed by atoms with Crippen LogP contribution in [0.1, 0.15) is 42.3 Å². The Morgan fingerprint density at radius 3 is 2.42 bits per heavy atom. The van der Waals surface area contributed by atoms with Crippen LogP contribution in [-0.4, -0.2) is 57.6 Å². The summed E-state index contributed by atoms with van der Waals surface area (Å²) < 4.78 is 5.26. The van der Waals surface area contributed by atoms with Crippen LogP contribution in [0, 0.1) is 0 Å². The third-order valence-corrected chi connectivity index (χ3v) is 5.13. The predicted molar refractivity (Wildman–Crippen MR) is 128 cm³/mol. The maximum Gasteiger partial charge on any atom is 0.253 e. The van der Waals surface area contributed by atoms with E-state index >= 15 is 0 Å². The number of hydrogen-bond donors (Lipinski definition) is 2. The van der Waals surface area contributed by atoms with Crippen molar-refractivity contribution in [2.75, 3.05) is 40.8 Å². The molecule has 6 heteroatoms. The quantitative estimate of drug-likeness (QED) is 0.478. The first-order valence-corrected chi connectivity index (χ1v) is 10.7. The van der Waals surface area contributed by atoms with Gasteiger partial charge in [-0.1, -0.05) is 38.1 Å². The Bertz CT molecular complexity index is 873.